The summed E-state index contributed by atoms with van der Waals surface area (Å²) in [5, 5.41) is 3.00. The summed E-state index contributed by atoms with van der Waals surface area (Å²) in [6.45, 7) is 4.10. The second kappa shape index (κ2) is 5.70. The number of carbonyl (C=O) groups is 1. The van der Waals surface area contributed by atoms with Gasteiger partial charge in [0.15, 0.2) is 0 Å². The average molecular weight is 261 g/mol. The molecule has 19 heavy (non-hydrogen) atoms. The van der Waals surface area contributed by atoms with Crippen LogP contribution in [0.1, 0.15) is 51.3 Å². The molecule has 1 aliphatic carbocycles. The highest BCUT2D eigenvalue weighted by molar-refractivity contribution is 5.86. The Morgan fingerprint density at radius 1 is 1.58 bits per heavy atom. The fourth-order valence-electron chi connectivity index (χ4n) is 2.84. The molecule has 1 fully saturated rings. The molecule has 4 nitrogen and oxygen atoms in total. The fourth-order valence-corrected chi connectivity index (χ4v) is 2.84. The largest absolute Gasteiger partial charge is 0.346 e. The number of nitrogens with two attached hydrogens (primary N) is 1. The Bertz CT molecular complexity index is 434. The molecule has 1 aromatic rings. The van der Waals surface area contributed by atoms with Crippen molar-refractivity contribution in [3.05, 3.63) is 30.1 Å². The third-order valence-corrected chi connectivity index (χ3v) is 3.96. The zero-order valence-electron chi connectivity index (χ0n) is 11.7. The first-order chi connectivity index (χ1) is 9.01. The van der Waals surface area contributed by atoms with Crippen molar-refractivity contribution in [2.75, 3.05) is 0 Å². The molecule has 3 atom stereocenters. The molecule has 104 valence electrons. The van der Waals surface area contributed by atoms with E-state index < -0.39 is 5.54 Å². The van der Waals surface area contributed by atoms with E-state index >= 15 is 0 Å². The molecule has 1 heterocycles. The molecule has 0 radical (unpaired) electrons. The number of amides is 1. The van der Waals surface area contributed by atoms with Crippen molar-refractivity contribution in [1.82, 2.24) is 10.3 Å². The Kier molecular flexibility index (Phi) is 4.20. The van der Waals surface area contributed by atoms with Crippen LogP contribution in [0, 0.1) is 5.92 Å². The van der Waals surface area contributed by atoms with E-state index in [-0.39, 0.29) is 11.9 Å². The molecule has 2 rings (SSSR count). The van der Waals surface area contributed by atoms with E-state index in [4.69, 9.17) is 5.73 Å². The molecule has 0 saturated heterocycles. The van der Waals surface area contributed by atoms with Crippen LogP contribution in [0.2, 0.25) is 0 Å². The van der Waals surface area contributed by atoms with Gasteiger partial charge in [-0.05, 0) is 37.8 Å². The summed E-state index contributed by atoms with van der Waals surface area (Å²) in [5.74, 6) is 0.479. The summed E-state index contributed by atoms with van der Waals surface area (Å²) in [7, 11) is 0. The number of carbonyl (C=O) groups excluding carboxylic acids is 1. The van der Waals surface area contributed by atoms with Crippen LogP contribution in [0.5, 0.6) is 0 Å². The summed E-state index contributed by atoms with van der Waals surface area (Å²) >= 11 is 0. The van der Waals surface area contributed by atoms with E-state index in [0.717, 1.165) is 25.0 Å². The van der Waals surface area contributed by atoms with Gasteiger partial charge in [0.05, 0.1) is 17.3 Å². The van der Waals surface area contributed by atoms with Gasteiger partial charge < -0.3 is 11.1 Å². The highest BCUT2D eigenvalue weighted by atomic mass is 16.2. The lowest BCUT2D eigenvalue weighted by molar-refractivity contribution is -0.128. The second-order valence-electron chi connectivity index (χ2n) is 5.81. The van der Waals surface area contributed by atoms with Gasteiger partial charge in [-0.25, -0.2) is 0 Å². The Morgan fingerprint density at radius 3 is 3.00 bits per heavy atom. The summed E-state index contributed by atoms with van der Waals surface area (Å²) in [6, 6.07) is 5.60. The van der Waals surface area contributed by atoms with Crippen LogP contribution >= 0.6 is 0 Å². The van der Waals surface area contributed by atoms with E-state index in [2.05, 4.69) is 17.2 Å². The number of hydrogen-bond acceptors (Lipinski definition) is 3. The maximum absolute atomic E-state index is 12.4. The van der Waals surface area contributed by atoms with Crippen molar-refractivity contribution >= 4 is 5.91 Å². The number of nitrogens with zero attached hydrogens (tertiary/aromatic N) is 1. The van der Waals surface area contributed by atoms with Gasteiger partial charge in [-0.15, -0.1) is 0 Å². The Balaban J connectivity index is 2.00. The average Bonchev–Trinajstić information content (AvgIpc) is 2.39. The van der Waals surface area contributed by atoms with Crippen molar-refractivity contribution in [2.24, 2.45) is 11.7 Å². The van der Waals surface area contributed by atoms with Crippen molar-refractivity contribution in [3.63, 3.8) is 0 Å². The Morgan fingerprint density at radius 2 is 2.37 bits per heavy atom. The number of rotatable bonds is 3. The van der Waals surface area contributed by atoms with Crippen LogP contribution in [0.15, 0.2) is 24.4 Å². The first-order valence-electron chi connectivity index (χ1n) is 7.02. The van der Waals surface area contributed by atoms with E-state index in [1.54, 1.807) is 6.20 Å². The summed E-state index contributed by atoms with van der Waals surface area (Å²) in [4.78, 5) is 16.6. The minimum atomic E-state index is -0.708. The zero-order valence-corrected chi connectivity index (χ0v) is 11.7. The van der Waals surface area contributed by atoms with Gasteiger partial charge in [0.25, 0.3) is 0 Å². The van der Waals surface area contributed by atoms with Gasteiger partial charge in [-0.2, -0.15) is 0 Å². The third kappa shape index (κ3) is 3.32. The molecule has 0 aliphatic heterocycles. The van der Waals surface area contributed by atoms with Gasteiger partial charge in [0.2, 0.25) is 5.91 Å². The Hall–Kier alpha value is -1.42. The molecule has 1 saturated carbocycles. The maximum Gasteiger partial charge on any atom is 0.240 e. The molecule has 1 amide bonds. The quantitative estimate of drug-likeness (QED) is 0.876. The predicted molar refractivity (Wildman–Crippen MR) is 75.3 cm³/mol. The van der Waals surface area contributed by atoms with E-state index in [9.17, 15) is 4.79 Å². The lowest BCUT2D eigenvalue weighted by Gasteiger charge is -2.36. The zero-order chi connectivity index (χ0) is 13.9. The van der Waals surface area contributed by atoms with E-state index in [1.165, 1.54) is 6.42 Å². The predicted octanol–water partition coefficient (Wildman–Crippen LogP) is 2.17. The molecule has 0 bridgehead atoms. The van der Waals surface area contributed by atoms with Crippen molar-refractivity contribution in [2.45, 2.75) is 51.1 Å². The summed E-state index contributed by atoms with van der Waals surface area (Å²) in [5.41, 5.74) is 6.44. The molecule has 0 aromatic carbocycles. The number of hydrogen-bond donors (Lipinski definition) is 2. The van der Waals surface area contributed by atoms with Gasteiger partial charge >= 0.3 is 0 Å². The normalized spacial score (nSPS) is 28.7. The van der Waals surface area contributed by atoms with Gasteiger partial charge in [-0.3, -0.25) is 9.78 Å². The SMILES string of the molecule is CC1CCCC(N)(C(=O)N[C@@H](C)c2ccccn2)C1. The lowest BCUT2D eigenvalue weighted by atomic mass is 9.76. The first-order valence-corrected chi connectivity index (χ1v) is 7.02. The van der Waals surface area contributed by atoms with Crippen LogP contribution in [-0.4, -0.2) is 16.4 Å². The molecule has 0 spiro atoms. The number of nitrogens with one attached hydrogen (secondary N) is 1. The third-order valence-electron chi connectivity index (χ3n) is 3.96. The van der Waals surface area contributed by atoms with Crippen molar-refractivity contribution < 1.29 is 4.79 Å². The smallest absolute Gasteiger partial charge is 0.240 e. The van der Waals surface area contributed by atoms with E-state index in [0.29, 0.717) is 5.92 Å². The highest BCUT2D eigenvalue weighted by Crippen LogP contribution is 2.31. The standard InChI is InChI=1S/C15H23N3O/c1-11-6-5-8-15(16,10-11)14(19)18-12(2)13-7-3-4-9-17-13/h3-4,7,9,11-12H,5-6,8,10,16H2,1-2H3,(H,18,19)/t11?,12-,15?/m0/s1. The molecule has 3 N–H and O–H groups in total. The molecule has 1 aliphatic rings. The molecular formula is C15H23N3O. The minimum Gasteiger partial charge on any atom is -0.346 e. The highest BCUT2D eigenvalue weighted by Gasteiger charge is 2.38. The summed E-state index contributed by atoms with van der Waals surface area (Å²) < 4.78 is 0. The Labute approximate surface area is 114 Å². The molecule has 2 unspecified atom stereocenters. The molecule has 1 aromatic heterocycles. The van der Waals surface area contributed by atoms with Crippen LogP contribution < -0.4 is 11.1 Å². The van der Waals surface area contributed by atoms with Crippen molar-refractivity contribution in [1.29, 1.82) is 0 Å². The first kappa shape index (κ1) is 14.0. The molecular weight excluding hydrogens is 238 g/mol. The van der Waals surface area contributed by atoms with Gasteiger partial charge in [0, 0.05) is 6.20 Å². The van der Waals surface area contributed by atoms with Gasteiger partial charge in [-0.1, -0.05) is 25.8 Å². The maximum atomic E-state index is 12.4. The topological polar surface area (TPSA) is 68.0 Å². The summed E-state index contributed by atoms with van der Waals surface area (Å²) in [6.07, 6.45) is 5.48. The lowest BCUT2D eigenvalue weighted by Crippen LogP contribution is -2.56. The van der Waals surface area contributed by atoms with Crippen LogP contribution in [0.4, 0.5) is 0 Å². The fraction of sp³-hybridized carbons (Fsp3) is 0.600. The monoisotopic (exact) mass is 261 g/mol. The van der Waals surface area contributed by atoms with Gasteiger partial charge in [0.1, 0.15) is 0 Å². The molecule has 4 heteroatoms. The number of pyridine rings is 1. The van der Waals surface area contributed by atoms with Crippen LogP contribution in [-0.2, 0) is 4.79 Å². The second-order valence-corrected chi connectivity index (χ2v) is 5.81. The van der Waals surface area contributed by atoms with E-state index in [1.807, 2.05) is 25.1 Å². The van der Waals surface area contributed by atoms with Crippen LogP contribution in [0.25, 0.3) is 0 Å². The minimum absolute atomic E-state index is 0.0443. The van der Waals surface area contributed by atoms with Crippen LogP contribution in [0.3, 0.4) is 0 Å². The van der Waals surface area contributed by atoms with Crippen molar-refractivity contribution in [3.8, 4) is 0 Å². The number of aromatic nitrogens is 1.